The molecule has 0 saturated carbocycles. The fourth-order valence-corrected chi connectivity index (χ4v) is 5.63. The van der Waals surface area contributed by atoms with Gasteiger partial charge < -0.3 is 9.30 Å². The first kappa shape index (κ1) is 25.0. The molecule has 0 N–H and O–H groups in total. The van der Waals surface area contributed by atoms with Crippen molar-refractivity contribution in [3.63, 3.8) is 0 Å². The van der Waals surface area contributed by atoms with E-state index in [-0.39, 0.29) is 24.4 Å². The molecule has 1 aromatic heterocycles. The third kappa shape index (κ3) is 4.84. The molecule has 2 atom stereocenters. The van der Waals surface area contributed by atoms with E-state index >= 15 is 0 Å². The van der Waals surface area contributed by atoms with Crippen molar-refractivity contribution in [2.45, 2.75) is 50.6 Å². The highest BCUT2D eigenvalue weighted by atomic mass is 19.3. The maximum Gasteiger partial charge on any atom is 0.387 e. The SMILES string of the molecule is CN(C)C1C[C@H](c2c(C=O)cccc2OC(F)F)n2c1nc1ccc(C#CC3CCB(C#N)CC3)cc12. The van der Waals surface area contributed by atoms with Gasteiger partial charge in [-0.05, 0) is 57.6 Å². The lowest BCUT2D eigenvalue weighted by molar-refractivity contribution is -0.0507. The number of hydrogen-bond acceptors (Lipinski definition) is 5. The van der Waals surface area contributed by atoms with E-state index in [4.69, 9.17) is 15.0 Å². The van der Waals surface area contributed by atoms with Crippen molar-refractivity contribution in [2.75, 3.05) is 14.1 Å². The molecule has 1 fully saturated rings. The molecule has 1 saturated heterocycles. The van der Waals surface area contributed by atoms with E-state index in [1.54, 1.807) is 12.1 Å². The molecule has 0 spiro atoms. The lowest BCUT2D eigenvalue weighted by Crippen LogP contribution is -2.18. The maximum absolute atomic E-state index is 13.3. The second-order valence-corrected chi connectivity index (χ2v) is 9.98. The van der Waals surface area contributed by atoms with E-state index in [9.17, 15) is 13.6 Å². The van der Waals surface area contributed by atoms with Crippen LogP contribution in [0.5, 0.6) is 5.75 Å². The zero-order valence-electron chi connectivity index (χ0n) is 20.8. The Hall–Kier alpha value is -3.69. The Morgan fingerprint density at radius 2 is 2.03 bits per heavy atom. The predicted molar refractivity (Wildman–Crippen MR) is 138 cm³/mol. The van der Waals surface area contributed by atoms with Crippen LogP contribution < -0.4 is 4.74 Å². The van der Waals surface area contributed by atoms with Crippen molar-refractivity contribution in [3.8, 4) is 23.6 Å². The summed E-state index contributed by atoms with van der Waals surface area (Å²) in [6.07, 6.45) is 4.88. The number of rotatable bonds is 5. The minimum absolute atomic E-state index is 0.000670. The predicted octanol–water partition coefficient (Wildman–Crippen LogP) is 5.37. The Labute approximate surface area is 215 Å². The largest absolute Gasteiger partial charge is 0.434 e. The molecular formula is C28H27BF2N4O2. The number of carbonyl (C=O) groups excluding carboxylic acids is 1. The first-order chi connectivity index (χ1) is 17.9. The van der Waals surface area contributed by atoms with E-state index in [1.165, 1.54) is 6.07 Å². The first-order valence-corrected chi connectivity index (χ1v) is 12.5. The van der Waals surface area contributed by atoms with Crippen molar-refractivity contribution < 1.29 is 18.3 Å². The Kier molecular flexibility index (Phi) is 6.99. The van der Waals surface area contributed by atoms with Gasteiger partial charge in [0.25, 0.3) is 6.71 Å². The van der Waals surface area contributed by atoms with Gasteiger partial charge in [-0.1, -0.05) is 36.6 Å². The number of carbonyl (C=O) groups is 1. The number of benzene rings is 2. The van der Waals surface area contributed by atoms with E-state index in [1.807, 2.05) is 41.8 Å². The number of nitriles is 1. The van der Waals surface area contributed by atoms with Crippen molar-refractivity contribution >= 4 is 24.0 Å². The number of nitrogens with zero attached hydrogens (tertiary/aromatic N) is 4. The standard InChI is InChI=1S/C28H27BF2N4O2/c1-34(2)24-15-23(26-20(16-36)4-3-5-25(26)37-28(30)31)35-22-14-19(8-9-21(22)33-27(24)35)7-6-18-10-12-29(17-32)13-11-18/h3-5,8-9,14,16,18,23-24,28H,10-13,15H2,1-2H3/t23-,24?/m1/s1. The Balaban J connectivity index is 1.58. The summed E-state index contributed by atoms with van der Waals surface area (Å²) in [6.45, 7) is -2.87. The lowest BCUT2D eigenvalue weighted by Gasteiger charge is -2.22. The molecule has 3 heterocycles. The highest BCUT2D eigenvalue weighted by molar-refractivity contribution is 6.67. The topological polar surface area (TPSA) is 71.2 Å². The highest BCUT2D eigenvalue weighted by Crippen LogP contribution is 2.46. The average Bonchev–Trinajstić information content (AvgIpc) is 3.44. The molecular weight excluding hydrogens is 473 g/mol. The number of fused-ring (bicyclic) bond motifs is 3. The quantitative estimate of drug-likeness (QED) is 0.268. The van der Waals surface area contributed by atoms with Gasteiger partial charge in [-0.3, -0.25) is 9.69 Å². The molecule has 0 bridgehead atoms. The second-order valence-electron chi connectivity index (χ2n) is 9.98. The molecule has 3 aromatic rings. The van der Waals surface area contributed by atoms with Gasteiger partial charge in [-0.15, -0.1) is 0 Å². The first-order valence-electron chi connectivity index (χ1n) is 12.5. The van der Waals surface area contributed by atoms with Gasteiger partial charge >= 0.3 is 6.61 Å². The van der Waals surface area contributed by atoms with Gasteiger partial charge in [0.1, 0.15) is 11.6 Å². The zero-order valence-corrected chi connectivity index (χ0v) is 20.8. The molecule has 0 aliphatic carbocycles. The smallest absolute Gasteiger partial charge is 0.387 e. The molecule has 2 aliphatic heterocycles. The fraction of sp³-hybridized carbons (Fsp3) is 0.393. The summed E-state index contributed by atoms with van der Waals surface area (Å²) in [4.78, 5) is 18.9. The van der Waals surface area contributed by atoms with E-state index in [0.29, 0.717) is 23.8 Å². The normalized spacial score (nSPS) is 19.5. The van der Waals surface area contributed by atoms with Crippen molar-refractivity contribution in [1.82, 2.24) is 14.5 Å². The number of ether oxygens (including phenoxy) is 1. The number of aldehydes is 1. The summed E-state index contributed by atoms with van der Waals surface area (Å²) < 4.78 is 33.5. The third-order valence-electron chi connectivity index (χ3n) is 7.50. The Morgan fingerprint density at radius 3 is 2.70 bits per heavy atom. The van der Waals surface area contributed by atoms with E-state index in [0.717, 1.165) is 47.9 Å². The molecule has 9 heteroatoms. The van der Waals surface area contributed by atoms with Gasteiger partial charge in [0.15, 0.2) is 6.29 Å². The summed E-state index contributed by atoms with van der Waals surface area (Å²) >= 11 is 0. The second kappa shape index (κ2) is 10.4. The van der Waals surface area contributed by atoms with Gasteiger partial charge in [-0.2, -0.15) is 8.78 Å². The van der Waals surface area contributed by atoms with Crippen LogP contribution in [0.15, 0.2) is 36.4 Å². The molecule has 2 aliphatic rings. The number of aromatic nitrogens is 2. The molecule has 0 radical (unpaired) electrons. The molecule has 1 unspecified atom stereocenters. The molecule has 0 amide bonds. The number of hydrogen-bond donors (Lipinski definition) is 0. The molecule has 37 heavy (non-hydrogen) atoms. The zero-order chi connectivity index (χ0) is 26.1. The lowest BCUT2D eigenvalue weighted by atomic mass is 9.42. The van der Waals surface area contributed by atoms with Crippen LogP contribution in [-0.4, -0.2) is 48.2 Å². The minimum atomic E-state index is -3.00. The van der Waals surface area contributed by atoms with E-state index < -0.39 is 12.7 Å². The van der Waals surface area contributed by atoms with Crippen LogP contribution in [0.1, 0.15) is 58.7 Å². The minimum Gasteiger partial charge on any atom is -0.434 e. The third-order valence-corrected chi connectivity index (χ3v) is 7.50. The van der Waals surface area contributed by atoms with Crippen LogP contribution in [-0.2, 0) is 0 Å². The average molecular weight is 500 g/mol. The highest BCUT2D eigenvalue weighted by Gasteiger charge is 2.38. The molecule has 5 rings (SSSR count). The van der Waals surface area contributed by atoms with Gasteiger partial charge in [0.2, 0.25) is 0 Å². The van der Waals surface area contributed by atoms with Gasteiger partial charge in [0.05, 0.1) is 23.1 Å². The summed E-state index contributed by atoms with van der Waals surface area (Å²) in [5, 5.41) is 9.13. The summed E-state index contributed by atoms with van der Waals surface area (Å²) in [5.74, 6) is 10.1. The van der Waals surface area contributed by atoms with Crippen LogP contribution >= 0.6 is 0 Å². The molecule has 188 valence electrons. The van der Waals surface area contributed by atoms with E-state index in [2.05, 4.69) is 17.8 Å². The van der Waals surface area contributed by atoms with Crippen molar-refractivity contribution in [1.29, 1.82) is 5.26 Å². The number of alkyl halides is 2. The number of halogens is 2. The summed E-state index contributed by atoms with van der Waals surface area (Å²) in [7, 11) is 3.91. The maximum atomic E-state index is 13.3. The number of imidazole rings is 1. The fourth-order valence-electron chi connectivity index (χ4n) is 5.63. The monoisotopic (exact) mass is 500 g/mol. The van der Waals surface area contributed by atoms with Crippen LogP contribution in [0, 0.1) is 29.0 Å². The Morgan fingerprint density at radius 1 is 1.24 bits per heavy atom. The van der Waals surface area contributed by atoms with Crippen LogP contribution in [0.4, 0.5) is 8.78 Å². The Bertz CT molecular complexity index is 1430. The van der Waals surface area contributed by atoms with Crippen LogP contribution in [0.2, 0.25) is 12.6 Å². The summed E-state index contributed by atoms with van der Waals surface area (Å²) in [6, 6.07) is 10.0. The van der Waals surface area contributed by atoms with Gasteiger partial charge in [-0.25, -0.2) is 10.2 Å². The van der Waals surface area contributed by atoms with Crippen molar-refractivity contribution in [2.24, 2.45) is 5.92 Å². The molecule has 2 aromatic carbocycles. The summed E-state index contributed by atoms with van der Waals surface area (Å²) in [5.41, 5.74) is 3.23. The van der Waals surface area contributed by atoms with Gasteiger partial charge in [0, 0.05) is 28.6 Å². The van der Waals surface area contributed by atoms with Crippen LogP contribution in [0.25, 0.3) is 11.0 Å². The van der Waals surface area contributed by atoms with Crippen LogP contribution in [0.3, 0.4) is 0 Å². The van der Waals surface area contributed by atoms with Crippen molar-refractivity contribution in [3.05, 3.63) is 58.9 Å². The molecule has 6 nitrogen and oxygen atoms in total.